The summed E-state index contributed by atoms with van der Waals surface area (Å²) in [4.78, 5) is 12.4. The van der Waals surface area contributed by atoms with Gasteiger partial charge < -0.3 is 14.8 Å². The van der Waals surface area contributed by atoms with Gasteiger partial charge in [0, 0.05) is 16.8 Å². The third kappa shape index (κ3) is 5.01. The SMILES string of the molecule is COc1cc(NC(=O)c2ccc(Cl)cc2OC)ccc1NS(C)(=O)=O. The van der Waals surface area contributed by atoms with Gasteiger partial charge in [-0.15, -0.1) is 0 Å². The average molecular weight is 385 g/mol. The normalized spacial score (nSPS) is 10.9. The fourth-order valence-corrected chi connectivity index (χ4v) is 2.83. The summed E-state index contributed by atoms with van der Waals surface area (Å²) in [6.07, 6.45) is 1.04. The highest BCUT2D eigenvalue weighted by atomic mass is 35.5. The molecule has 9 heteroatoms. The molecule has 1 amide bonds. The van der Waals surface area contributed by atoms with Gasteiger partial charge in [-0.05, 0) is 30.3 Å². The van der Waals surface area contributed by atoms with Crippen LogP contribution in [-0.2, 0) is 10.0 Å². The number of methoxy groups -OCH3 is 2. The van der Waals surface area contributed by atoms with E-state index in [0.29, 0.717) is 22.0 Å². The number of amides is 1. The predicted molar refractivity (Wildman–Crippen MR) is 97.4 cm³/mol. The number of halogens is 1. The van der Waals surface area contributed by atoms with Gasteiger partial charge in [-0.1, -0.05) is 11.6 Å². The molecule has 0 bridgehead atoms. The van der Waals surface area contributed by atoms with Crippen molar-refractivity contribution in [1.82, 2.24) is 0 Å². The van der Waals surface area contributed by atoms with Crippen molar-refractivity contribution in [3.63, 3.8) is 0 Å². The van der Waals surface area contributed by atoms with Crippen LogP contribution in [0, 0.1) is 0 Å². The van der Waals surface area contributed by atoms with Gasteiger partial charge in [0.1, 0.15) is 11.5 Å². The first kappa shape index (κ1) is 18.9. The number of anilines is 2. The maximum Gasteiger partial charge on any atom is 0.259 e. The van der Waals surface area contributed by atoms with E-state index in [-0.39, 0.29) is 11.4 Å². The van der Waals surface area contributed by atoms with Crippen LogP contribution in [0.25, 0.3) is 0 Å². The standard InChI is InChI=1S/C16H17ClN2O5S/c1-23-14-8-10(17)4-6-12(14)16(20)18-11-5-7-13(15(9-11)24-2)19-25(3,21)22/h4-9,19H,1-3H3,(H,18,20). The van der Waals surface area contributed by atoms with Crippen LogP contribution < -0.4 is 19.5 Å². The summed E-state index contributed by atoms with van der Waals surface area (Å²) >= 11 is 5.89. The van der Waals surface area contributed by atoms with E-state index in [2.05, 4.69) is 10.0 Å². The van der Waals surface area contributed by atoms with Crippen LogP contribution in [0.5, 0.6) is 11.5 Å². The summed E-state index contributed by atoms with van der Waals surface area (Å²) in [5.74, 6) is 0.206. The zero-order valence-corrected chi connectivity index (χ0v) is 15.4. The number of benzene rings is 2. The van der Waals surface area contributed by atoms with E-state index in [9.17, 15) is 13.2 Å². The van der Waals surface area contributed by atoms with E-state index in [4.69, 9.17) is 21.1 Å². The van der Waals surface area contributed by atoms with Crippen molar-refractivity contribution in [2.24, 2.45) is 0 Å². The highest BCUT2D eigenvalue weighted by Crippen LogP contribution is 2.30. The van der Waals surface area contributed by atoms with Crippen LogP contribution in [-0.4, -0.2) is 34.8 Å². The summed E-state index contributed by atoms with van der Waals surface area (Å²) in [6, 6.07) is 9.22. The van der Waals surface area contributed by atoms with Gasteiger partial charge in [0.05, 0.1) is 31.7 Å². The Morgan fingerprint density at radius 1 is 1.04 bits per heavy atom. The minimum absolute atomic E-state index is 0.270. The molecule has 0 saturated heterocycles. The van der Waals surface area contributed by atoms with Crippen molar-refractivity contribution in [1.29, 1.82) is 0 Å². The van der Waals surface area contributed by atoms with E-state index in [1.807, 2.05) is 0 Å². The minimum atomic E-state index is -3.45. The molecule has 0 aliphatic carbocycles. The molecule has 2 N–H and O–H groups in total. The second-order valence-electron chi connectivity index (χ2n) is 5.09. The maximum absolute atomic E-state index is 12.4. The molecule has 0 radical (unpaired) electrons. The number of rotatable bonds is 6. The molecule has 7 nitrogen and oxygen atoms in total. The molecule has 0 fully saturated rings. The van der Waals surface area contributed by atoms with Crippen molar-refractivity contribution in [2.45, 2.75) is 0 Å². The molecule has 25 heavy (non-hydrogen) atoms. The lowest BCUT2D eigenvalue weighted by molar-refractivity contribution is 0.102. The Labute approximate surface area is 151 Å². The van der Waals surface area contributed by atoms with Crippen LogP contribution in [0.4, 0.5) is 11.4 Å². The Morgan fingerprint density at radius 2 is 1.72 bits per heavy atom. The summed E-state index contributed by atoms with van der Waals surface area (Å²) in [6.45, 7) is 0. The molecule has 0 spiro atoms. The second-order valence-corrected chi connectivity index (χ2v) is 7.27. The maximum atomic E-state index is 12.4. The van der Waals surface area contributed by atoms with Crippen molar-refractivity contribution < 1.29 is 22.7 Å². The predicted octanol–water partition coefficient (Wildman–Crippen LogP) is 2.98. The molecule has 0 heterocycles. The zero-order valence-electron chi connectivity index (χ0n) is 13.8. The molecule has 0 atom stereocenters. The summed E-state index contributed by atoms with van der Waals surface area (Å²) in [5, 5.41) is 3.15. The van der Waals surface area contributed by atoms with Crippen LogP contribution >= 0.6 is 11.6 Å². The van der Waals surface area contributed by atoms with Crippen molar-refractivity contribution >= 4 is 38.9 Å². The first-order valence-corrected chi connectivity index (χ1v) is 9.31. The molecule has 2 aromatic carbocycles. The Morgan fingerprint density at radius 3 is 2.32 bits per heavy atom. The fourth-order valence-electron chi connectivity index (χ4n) is 2.10. The lowest BCUT2D eigenvalue weighted by Crippen LogP contribution is -2.14. The molecule has 0 unspecified atom stereocenters. The number of hydrogen-bond donors (Lipinski definition) is 2. The minimum Gasteiger partial charge on any atom is -0.496 e. The van der Waals surface area contributed by atoms with Gasteiger partial charge in [-0.25, -0.2) is 8.42 Å². The van der Waals surface area contributed by atoms with E-state index < -0.39 is 15.9 Å². The zero-order chi connectivity index (χ0) is 18.6. The van der Waals surface area contributed by atoms with E-state index >= 15 is 0 Å². The molecule has 0 aliphatic heterocycles. The largest absolute Gasteiger partial charge is 0.496 e. The first-order valence-electron chi connectivity index (χ1n) is 7.04. The lowest BCUT2D eigenvalue weighted by Gasteiger charge is -2.13. The molecule has 0 aromatic heterocycles. The third-order valence-electron chi connectivity index (χ3n) is 3.16. The van der Waals surface area contributed by atoms with Gasteiger partial charge in [0.2, 0.25) is 10.0 Å². The number of nitrogens with one attached hydrogen (secondary N) is 2. The highest BCUT2D eigenvalue weighted by Gasteiger charge is 2.15. The molecular weight excluding hydrogens is 368 g/mol. The van der Waals surface area contributed by atoms with Crippen LogP contribution in [0.2, 0.25) is 5.02 Å². The van der Waals surface area contributed by atoms with Crippen LogP contribution in [0.15, 0.2) is 36.4 Å². The van der Waals surface area contributed by atoms with E-state index in [1.165, 1.54) is 32.4 Å². The van der Waals surface area contributed by atoms with Gasteiger partial charge >= 0.3 is 0 Å². The molecular formula is C16H17ClN2O5S. The Balaban J connectivity index is 2.27. The van der Waals surface area contributed by atoms with Gasteiger partial charge in [0.15, 0.2) is 0 Å². The molecule has 134 valence electrons. The summed E-state index contributed by atoms with van der Waals surface area (Å²) < 4.78 is 35.4. The molecule has 2 aromatic rings. The Hall–Kier alpha value is -2.45. The quantitative estimate of drug-likeness (QED) is 0.798. The Bertz CT molecular complexity index is 899. The molecule has 0 saturated carbocycles. The lowest BCUT2D eigenvalue weighted by atomic mass is 10.1. The first-order chi connectivity index (χ1) is 11.7. The third-order valence-corrected chi connectivity index (χ3v) is 3.99. The van der Waals surface area contributed by atoms with Crippen molar-refractivity contribution in [3.05, 3.63) is 47.0 Å². The highest BCUT2D eigenvalue weighted by molar-refractivity contribution is 7.92. The van der Waals surface area contributed by atoms with Gasteiger partial charge in [0.25, 0.3) is 5.91 Å². The van der Waals surface area contributed by atoms with Crippen molar-refractivity contribution in [2.75, 3.05) is 30.5 Å². The smallest absolute Gasteiger partial charge is 0.259 e. The number of carbonyl (C=O) groups is 1. The average Bonchev–Trinajstić information content (AvgIpc) is 2.54. The molecule has 0 aliphatic rings. The second kappa shape index (κ2) is 7.62. The number of carbonyl (C=O) groups excluding carboxylic acids is 1. The Kier molecular flexibility index (Phi) is 5.76. The van der Waals surface area contributed by atoms with E-state index in [0.717, 1.165) is 6.26 Å². The molecule has 2 rings (SSSR count). The summed E-state index contributed by atoms with van der Waals surface area (Å²) in [7, 11) is -0.607. The summed E-state index contributed by atoms with van der Waals surface area (Å²) in [5.41, 5.74) is 1.01. The van der Waals surface area contributed by atoms with Crippen LogP contribution in [0.1, 0.15) is 10.4 Å². The number of ether oxygens (including phenoxy) is 2. The monoisotopic (exact) mass is 384 g/mol. The van der Waals surface area contributed by atoms with Crippen molar-refractivity contribution in [3.8, 4) is 11.5 Å². The van der Waals surface area contributed by atoms with Gasteiger partial charge in [-0.3, -0.25) is 9.52 Å². The number of hydrogen-bond acceptors (Lipinski definition) is 5. The topological polar surface area (TPSA) is 93.7 Å². The van der Waals surface area contributed by atoms with Gasteiger partial charge in [-0.2, -0.15) is 0 Å². The van der Waals surface area contributed by atoms with Crippen LogP contribution in [0.3, 0.4) is 0 Å². The number of sulfonamides is 1. The van der Waals surface area contributed by atoms with E-state index in [1.54, 1.807) is 18.2 Å². The fraction of sp³-hybridized carbons (Fsp3) is 0.188.